The van der Waals surface area contributed by atoms with Gasteiger partial charge in [-0.3, -0.25) is 10.3 Å². The van der Waals surface area contributed by atoms with Gasteiger partial charge in [0.1, 0.15) is 28.9 Å². The quantitative estimate of drug-likeness (QED) is 0.224. The maximum absolute atomic E-state index is 13.9. The summed E-state index contributed by atoms with van der Waals surface area (Å²) < 4.78 is 21.4. The smallest absolute Gasteiger partial charge is 0.412 e. The SMILES string of the molecule is CN(C(=O)NCc1cccc(F)c1Cl)[C@@]1(Cc2ncc3cnccn23)SC1COC(=O)Nc1cc2ccccc2cn1. The van der Waals surface area contributed by atoms with Crippen LogP contribution < -0.4 is 10.6 Å². The molecule has 2 atom stereocenters. The van der Waals surface area contributed by atoms with Gasteiger partial charge in [-0.15, -0.1) is 11.8 Å². The molecule has 1 aliphatic rings. The van der Waals surface area contributed by atoms with E-state index in [9.17, 15) is 14.0 Å². The zero-order valence-electron chi connectivity index (χ0n) is 22.3. The number of halogens is 2. The average molecular weight is 606 g/mol. The second-order valence-electron chi connectivity index (χ2n) is 9.74. The molecular formula is C29H25ClFN7O3S. The van der Waals surface area contributed by atoms with Crippen LogP contribution in [0.3, 0.4) is 0 Å². The number of urea groups is 1. The minimum Gasteiger partial charge on any atom is -0.448 e. The summed E-state index contributed by atoms with van der Waals surface area (Å²) in [6.07, 6.45) is 8.29. The van der Waals surface area contributed by atoms with Crippen LogP contribution in [0.2, 0.25) is 5.02 Å². The molecular weight excluding hydrogens is 581 g/mol. The van der Waals surface area contributed by atoms with E-state index in [4.69, 9.17) is 16.3 Å². The van der Waals surface area contributed by atoms with Crippen molar-refractivity contribution in [3.05, 3.63) is 102 Å². The Labute approximate surface area is 249 Å². The molecule has 5 aromatic rings. The molecule has 214 valence electrons. The predicted octanol–water partition coefficient (Wildman–Crippen LogP) is 5.51. The molecule has 0 aliphatic carbocycles. The van der Waals surface area contributed by atoms with Crippen LogP contribution in [-0.2, 0) is 17.7 Å². The monoisotopic (exact) mass is 605 g/mol. The molecule has 1 fully saturated rings. The number of hydrogen-bond donors (Lipinski definition) is 2. The highest BCUT2D eigenvalue weighted by Gasteiger charge is 2.61. The van der Waals surface area contributed by atoms with Crippen LogP contribution in [0.15, 0.2) is 79.5 Å². The minimum atomic E-state index is -0.762. The lowest BCUT2D eigenvalue weighted by Gasteiger charge is -2.28. The van der Waals surface area contributed by atoms with Crippen molar-refractivity contribution in [2.24, 2.45) is 0 Å². The van der Waals surface area contributed by atoms with E-state index in [1.165, 1.54) is 23.9 Å². The first-order valence-corrected chi connectivity index (χ1v) is 14.3. The van der Waals surface area contributed by atoms with Crippen LogP contribution in [0.4, 0.5) is 19.8 Å². The number of nitrogens with zero attached hydrogens (tertiary/aromatic N) is 5. The largest absolute Gasteiger partial charge is 0.448 e. The van der Waals surface area contributed by atoms with E-state index >= 15 is 0 Å². The first kappa shape index (κ1) is 27.7. The second kappa shape index (κ2) is 11.5. The third-order valence-electron chi connectivity index (χ3n) is 7.18. The summed E-state index contributed by atoms with van der Waals surface area (Å²) in [5.74, 6) is 0.541. The highest BCUT2D eigenvalue weighted by molar-refractivity contribution is 8.08. The number of imidazole rings is 1. The number of carbonyl (C=O) groups is 2. The number of benzene rings is 2. The summed E-state index contributed by atoms with van der Waals surface area (Å²) in [6.45, 7) is 0.0864. The van der Waals surface area contributed by atoms with Crippen LogP contribution in [0, 0.1) is 5.82 Å². The Bertz CT molecular complexity index is 1800. The van der Waals surface area contributed by atoms with Crippen LogP contribution in [0.1, 0.15) is 11.4 Å². The molecule has 6 rings (SSSR count). The number of nitrogens with one attached hydrogen (secondary N) is 2. The third-order valence-corrected chi connectivity index (χ3v) is 9.27. The fraction of sp³-hybridized carbons (Fsp3) is 0.207. The molecule has 0 saturated carbocycles. The molecule has 1 unspecified atom stereocenters. The van der Waals surface area contributed by atoms with Gasteiger partial charge in [-0.2, -0.15) is 0 Å². The lowest BCUT2D eigenvalue weighted by Crippen LogP contribution is -2.48. The van der Waals surface area contributed by atoms with Gasteiger partial charge in [-0.1, -0.05) is 48.0 Å². The maximum Gasteiger partial charge on any atom is 0.412 e. The Balaban J connectivity index is 1.15. The Kier molecular flexibility index (Phi) is 7.56. The zero-order chi connectivity index (χ0) is 29.3. The summed E-state index contributed by atoms with van der Waals surface area (Å²) in [5, 5.41) is 7.11. The van der Waals surface area contributed by atoms with E-state index in [0.717, 1.165) is 22.1 Å². The second-order valence-corrected chi connectivity index (χ2v) is 11.6. The number of carbonyl (C=O) groups excluding carboxylic acids is 2. The molecule has 1 aliphatic heterocycles. The van der Waals surface area contributed by atoms with Crippen molar-refractivity contribution in [2.45, 2.75) is 23.1 Å². The van der Waals surface area contributed by atoms with Gasteiger partial charge < -0.3 is 19.4 Å². The average Bonchev–Trinajstić information content (AvgIpc) is 3.57. The molecule has 1 saturated heterocycles. The summed E-state index contributed by atoms with van der Waals surface area (Å²) in [6, 6.07) is 13.5. The molecule has 0 spiro atoms. The number of ether oxygens (including phenoxy) is 1. The summed E-state index contributed by atoms with van der Waals surface area (Å²) in [5.41, 5.74) is 1.28. The standard InChI is InChI=1S/C29H25ClFN7O3S/c1-37(27(39)35-14-20-7-4-8-22(31)26(20)30)29(12-25-34-16-21-15-32-9-10-38(21)25)23(42-29)17-41-28(40)36-24-11-18-5-2-3-6-19(18)13-33-24/h2-11,13,15-16,23H,12,14,17H2,1H3,(H,35,39)(H,33,36,40)/t23?,29-/m0/s1. The molecule has 2 N–H and O–H groups in total. The lowest BCUT2D eigenvalue weighted by atomic mass is 10.1. The van der Waals surface area contributed by atoms with Gasteiger partial charge in [0.05, 0.1) is 28.2 Å². The molecule has 0 bridgehead atoms. The van der Waals surface area contributed by atoms with Gasteiger partial charge in [0, 0.05) is 44.0 Å². The number of anilines is 1. The van der Waals surface area contributed by atoms with E-state index in [0.29, 0.717) is 17.8 Å². The van der Waals surface area contributed by atoms with Crippen molar-refractivity contribution in [3.63, 3.8) is 0 Å². The number of amides is 3. The van der Waals surface area contributed by atoms with E-state index in [-0.39, 0.29) is 23.4 Å². The highest BCUT2D eigenvalue weighted by Crippen LogP contribution is 2.57. The van der Waals surface area contributed by atoms with Gasteiger partial charge in [0.25, 0.3) is 0 Å². The normalized spacial score (nSPS) is 17.6. The van der Waals surface area contributed by atoms with E-state index < -0.39 is 22.8 Å². The number of pyridine rings is 1. The predicted molar refractivity (Wildman–Crippen MR) is 159 cm³/mol. The van der Waals surface area contributed by atoms with E-state index in [1.54, 1.807) is 55.1 Å². The number of aromatic nitrogens is 4. The third kappa shape index (κ3) is 5.55. The van der Waals surface area contributed by atoms with Crippen molar-refractivity contribution < 1.29 is 18.7 Å². The fourth-order valence-corrected chi connectivity index (χ4v) is 6.32. The number of likely N-dealkylation sites (N-methyl/N-ethyl adjacent to an activating group) is 1. The van der Waals surface area contributed by atoms with Gasteiger partial charge >= 0.3 is 12.1 Å². The lowest BCUT2D eigenvalue weighted by molar-refractivity contribution is 0.149. The van der Waals surface area contributed by atoms with Crippen LogP contribution in [0.5, 0.6) is 0 Å². The van der Waals surface area contributed by atoms with Crippen LogP contribution >= 0.6 is 23.4 Å². The minimum absolute atomic E-state index is 0.0355. The zero-order valence-corrected chi connectivity index (χ0v) is 23.9. The molecule has 0 radical (unpaired) electrons. The molecule has 13 heteroatoms. The van der Waals surface area contributed by atoms with Crippen molar-refractivity contribution in [2.75, 3.05) is 19.0 Å². The molecule has 3 aromatic heterocycles. The van der Waals surface area contributed by atoms with Crippen molar-refractivity contribution in [3.8, 4) is 0 Å². The van der Waals surface area contributed by atoms with E-state index in [1.807, 2.05) is 28.7 Å². The van der Waals surface area contributed by atoms with Gasteiger partial charge in [-0.05, 0) is 23.1 Å². The Morgan fingerprint density at radius 2 is 1.98 bits per heavy atom. The Morgan fingerprint density at radius 3 is 2.83 bits per heavy atom. The van der Waals surface area contributed by atoms with Gasteiger partial charge in [0.15, 0.2) is 0 Å². The topological polar surface area (TPSA) is 114 Å². The molecule has 10 nitrogen and oxygen atoms in total. The van der Waals surface area contributed by atoms with Crippen LogP contribution in [0.25, 0.3) is 16.3 Å². The fourth-order valence-electron chi connectivity index (χ4n) is 4.80. The number of thioether (sulfide) groups is 1. The number of fused-ring (bicyclic) bond motifs is 2. The van der Waals surface area contributed by atoms with Crippen LogP contribution in [-0.4, -0.2) is 60.2 Å². The number of hydrogen-bond acceptors (Lipinski definition) is 7. The first-order chi connectivity index (χ1) is 20.3. The summed E-state index contributed by atoms with van der Waals surface area (Å²) in [7, 11) is 1.67. The Morgan fingerprint density at radius 1 is 1.14 bits per heavy atom. The van der Waals surface area contributed by atoms with Crippen molar-refractivity contribution in [1.82, 2.24) is 29.6 Å². The molecule has 3 amide bonds. The summed E-state index contributed by atoms with van der Waals surface area (Å²) >= 11 is 7.56. The summed E-state index contributed by atoms with van der Waals surface area (Å²) in [4.78, 5) is 39.8. The number of rotatable bonds is 8. The van der Waals surface area contributed by atoms with Crippen molar-refractivity contribution >= 4 is 57.6 Å². The van der Waals surface area contributed by atoms with Crippen molar-refractivity contribution in [1.29, 1.82) is 0 Å². The highest BCUT2D eigenvalue weighted by atomic mass is 35.5. The Hall–Kier alpha value is -4.42. The molecule has 4 heterocycles. The van der Waals surface area contributed by atoms with E-state index in [2.05, 4.69) is 25.6 Å². The first-order valence-electron chi connectivity index (χ1n) is 13.0. The van der Waals surface area contributed by atoms with Gasteiger partial charge in [0.2, 0.25) is 0 Å². The molecule has 42 heavy (non-hydrogen) atoms. The maximum atomic E-state index is 13.9. The molecule has 2 aromatic carbocycles. The van der Waals surface area contributed by atoms with Gasteiger partial charge in [-0.25, -0.2) is 23.9 Å².